The second-order valence-electron chi connectivity index (χ2n) is 8.30. The summed E-state index contributed by atoms with van der Waals surface area (Å²) >= 11 is 0. The van der Waals surface area contributed by atoms with Gasteiger partial charge in [0.15, 0.2) is 0 Å². The molecule has 1 aromatic rings. The van der Waals surface area contributed by atoms with Gasteiger partial charge < -0.3 is 19.5 Å². The molecule has 6 nitrogen and oxygen atoms in total. The van der Waals surface area contributed by atoms with E-state index in [9.17, 15) is 9.59 Å². The molecule has 6 heteroatoms. The lowest BCUT2D eigenvalue weighted by molar-refractivity contribution is -0.145. The molecular formula is C22H35N3O3. The molecule has 0 aromatic carbocycles. The van der Waals surface area contributed by atoms with Crippen molar-refractivity contribution in [3.63, 3.8) is 0 Å². The Balaban J connectivity index is 1.77. The molecule has 0 bridgehead atoms. The highest BCUT2D eigenvalue weighted by atomic mass is 16.5. The summed E-state index contributed by atoms with van der Waals surface area (Å²) in [6.07, 6.45) is 7.18. The van der Waals surface area contributed by atoms with Crippen LogP contribution in [0, 0.1) is 6.92 Å². The molecule has 156 valence electrons. The topological polar surface area (TPSA) is 63.6 Å². The van der Waals surface area contributed by atoms with Crippen molar-refractivity contribution in [3.05, 3.63) is 23.5 Å². The number of hydrogen-bond donors (Lipinski definition) is 1. The fourth-order valence-corrected chi connectivity index (χ4v) is 4.89. The third kappa shape index (κ3) is 4.36. The first-order valence-corrected chi connectivity index (χ1v) is 10.9. The average molecular weight is 390 g/mol. The van der Waals surface area contributed by atoms with Gasteiger partial charge in [0, 0.05) is 24.5 Å². The quantitative estimate of drug-likeness (QED) is 0.737. The maximum absolute atomic E-state index is 13.4. The zero-order chi connectivity index (χ0) is 20.1. The van der Waals surface area contributed by atoms with Crippen LogP contribution in [-0.2, 0) is 16.1 Å². The third-order valence-corrected chi connectivity index (χ3v) is 6.31. The summed E-state index contributed by atoms with van der Waals surface area (Å²) in [7, 11) is 0. The van der Waals surface area contributed by atoms with Gasteiger partial charge in [-0.1, -0.05) is 32.6 Å². The lowest BCUT2D eigenvalue weighted by atomic mass is 9.79. The van der Waals surface area contributed by atoms with Crippen LogP contribution in [0.15, 0.2) is 12.1 Å². The number of carbonyl (C=O) groups excluding carboxylic acids is 2. The summed E-state index contributed by atoms with van der Waals surface area (Å²) in [5, 5.41) is 3.29. The van der Waals surface area contributed by atoms with E-state index in [0.29, 0.717) is 13.2 Å². The Kier molecular flexibility index (Phi) is 6.68. The monoisotopic (exact) mass is 389 g/mol. The number of fused-ring (bicyclic) bond motifs is 1. The number of ether oxygens (including phenoxy) is 1. The zero-order valence-corrected chi connectivity index (χ0v) is 17.6. The van der Waals surface area contributed by atoms with Gasteiger partial charge >= 0.3 is 12.0 Å². The van der Waals surface area contributed by atoms with Crippen molar-refractivity contribution in [3.8, 4) is 0 Å². The van der Waals surface area contributed by atoms with E-state index < -0.39 is 5.54 Å². The Bertz CT molecular complexity index is 691. The molecule has 2 amide bonds. The van der Waals surface area contributed by atoms with Crippen LogP contribution in [-0.4, -0.2) is 40.2 Å². The van der Waals surface area contributed by atoms with Crippen LogP contribution in [0.1, 0.15) is 82.6 Å². The molecule has 1 aliphatic heterocycles. The molecule has 1 N–H and O–H groups in total. The molecule has 0 unspecified atom stereocenters. The predicted molar refractivity (Wildman–Crippen MR) is 109 cm³/mol. The fraction of sp³-hybridized carbons (Fsp3) is 0.727. The smallest absolute Gasteiger partial charge is 0.318 e. The maximum atomic E-state index is 13.4. The number of aryl methyl sites for hydroxylation is 1. The summed E-state index contributed by atoms with van der Waals surface area (Å²) in [5.41, 5.74) is 2.01. The summed E-state index contributed by atoms with van der Waals surface area (Å²) in [6.45, 7) is 8.02. The second-order valence-corrected chi connectivity index (χ2v) is 8.30. The highest BCUT2D eigenvalue weighted by Crippen LogP contribution is 2.35. The summed E-state index contributed by atoms with van der Waals surface area (Å²) in [4.78, 5) is 27.6. The highest BCUT2D eigenvalue weighted by molar-refractivity contribution is 5.78. The normalized spacial score (nSPS) is 21.1. The third-order valence-electron chi connectivity index (χ3n) is 6.31. The molecular weight excluding hydrogens is 354 g/mol. The first-order chi connectivity index (χ1) is 13.5. The van der Waals surface area contributed by atoms with Crippen LogP contribution in [0.3, 0.4) is 0 Å². The first kappa shape index (κ1) is 20.7. The van der Waals surface area contributed by atoms with Crippen LogP contribution in [0.5, 0.6) is 0 Å². The standard InChI is InChI=1S/C22H35N3O3/c1-4-9-18-19-11-10-17(3)24(19)14-15-25(18)21(27)23-22(12-7-6-8-13-22)16-20(26)28-5-2/h10-11,18H,4-9,12-16H2,1-3H3,(H,23,27)/t18-/m0/s1. The summed E-state index contributed by atoms with van der Waals surface area (Å²) < 4.78 is 7.53. The van der Waals surface area contributed by atoms with Crippen molar-refractivity contribution in [1.82, 2.24) is 14.8 Å². The van der Waals surface area contributed by atoms with Gasteiger partial charge in [-0.2, -0.15) is 0 Å². The number of nitrogens with zero attached hydrogens (tertiary/aromatic N) is 2. The van der Waals surface area contributed by atoms with E-state index in [1.165, 1.54) is 11.4 Å². The Hall–Kier alpha value is -1.98. The van der Waals surface area contributed by atoms with E-state index in [-0.39, 0.29) is 24.5 Å². The number of rotatable bonds is 6. The van der Waals surface area contributed by atoms with Crippen LogP contribution in [0.2, 0.25) is 0 Å². The Morgan fingerprint density at radius 1 is 1.18 bits per heavy atom. The van der Waals surface area contributed by atoms with Crippen molar-refractivity contribution in [1.29, 1.82) is 0 Å². The Morgan fingerprint density at radius 3 is 2.61 bits per heavy atom. The van der Waals surface area contributed by atoms with E-state index in [1.54, 1.807) is 0 Å². The lowest BCUT2D eigenvalue weighted by Crippen LogP contribution is -2.57. The van der Waals surface area contributed by atoms with Crippen LogP contribution < -0.4 is 5.32 Å². The number of aromatic nitrogens is 1. The Labute approximate surface area is 168 Å². The van der Waals surface area contributed by atoms with E-state index in [0.717, 1.165) is 51.5 Å². The minimum atomic E-state index is -0.465. The van der Waals surface area contributed by atoms with E-state index >= 15 is 0 Å². The van der Waals surface area contributed by atoms with Gasteiger partial charge in [0.2, 0.25) is 0 Å². The van der Waals surface area contributed by atoms with Crippen molar-refractivity contribution >= 4 is 12.0 Å². The molecule has 0 spiro atoms. The van der Waals surface area contributed by atoms with Gasteiger partial charge in [-0.3, -0.25) is 4.79 Å². The number of hydrogen-bond acceptors (Lipinski definition) is 3. The molecule has 0 radical (unpaired) electrons. The fourth-order valence-electron chi connectivity index (χ4n) is 4.89. The average Bonchev–Trinajstić information content (AvgIpc) is 3.04. The van der Waals surface area contributed by atoms with Crippen LogP contribution in [0.4, 0.5) is 4.79 Å². The van der Waals surface area contributed by atoms with Crippen LogP contribution in [0.25, 0.3) is 0 Å². The van der Waals surface area contributed by atoms with Gasteiger partial charge in [0.05, 0.1) is 24.6 Å². The molecule has 3 rings (SSSR count). The van der Waals surface area contributed by atoms with E-state index in [2.05, 4.69) is 35.9 Å². The molecule has 0 saturated heterocycles. The number of urea groups is 1. The number of carbonyl (C=O) groups is 2. The van der Waals surface area contributed by atoms with Gasteiger partial charge in [-0.25, -0.2) is 4.79 Å². The van der Waals surface area contributed by atoms with Crippen LogP contribution >= 0.6 is 0 Å². The van der Waals surface area contributed by atoms with Gasteiger partial charge in [0.25, 0.3) is 0 Å². The van der Waals surface area contributed by atoms with Crippen molar-refractivity contribution < 1.29 is 14.3 Å². The number of esters is 1. The molecule has 1 aliphatic carbocycles. The molecule has 1 saturated carbocycles. The van der Waals surface area contributed by atoms with Gasteiger partial charge in [-0.15, -0.1) is 0 Å². The molecule has 28 heavy (non-hydrogen) atoms. The number of nitrogens with one attached hydrogen (secondary N) is 1. The Morgan fingerprint density at radius 2 is 1.93 bits per heavy atom. The van der Waals surface area contributed by atoms with E-state index in [1.807, 2.05) is 11.8 Å². The highest BCUT2D eigenvalue weighted by Gasteiger charge is 2.39. The number of amides is 2. The van der Waals surface area contributed by atoms with E-state index in [4.69, 9.17) is 4.74 Å². The van der Waals surface area contributed by atoms with Crippen molar-refractivity contribution in [2.45, 2.75) is 90.3 Å². The minimum Gasteiger partial charge on any atom is -0.466 e. The maximum Gasteiger partial charge on any atom is 0.318 e. The first-order valence-electron chi connectivity index (χ1n) is 10.9. The van der Waals surface area contributed by atoms with Crippen molar-refractivity contribution in [2.24, 2.45) is 0 Å². The molecule has 2 heterocycles. The lowest BCUT2D eigenvalue weighted by Gasteiger charge is -2.42. The molecule has 1 aromatic heterocycles. The van der Waals surface area contributed by atoms with Gasteiger partial charge in [0.1, 0.15) is 0 Å². The van der Waals surface area contributed by atoms with Crippen molar-refractivity contribution in [2.75, 3.05) is 13.2 Å². The molecule has 2 aliphatic rings. The summed E-state index contributed by atoms with van der Waals surface area (Å²) in [5.74, 6) is -0.210. The predicted octanol–water partition coefficient (Wildman–Crippen LogP) is 4.32. The summed E-state index contributed by atoms with van der Waals surface area (Å²) in [6, 6.07) is 4.36. The van der Waals surface area contributed by atoms with Gasteiger partial charge in [-0.05, 0) is 45.2 Å². The largest absolute Gasteiger partial charge is 0.466 e. The zero-order valence-electron chi connectivity index (χ0n) is 17.6. The molecule has 1 atom stereocenters. The molecule has 1 fully saturated rings. The second kappa shape index (κ2) is 9.01. The minimum absolute atomic E-state index is 0.0326. The SMILES string of the molecule is CCC[C@H]1c2ccc(C)n2CCN1C(=O)NC1(CC(=O)OCC)CCCCC1.